The number of rotatable bonds is 11. The molecule has 0 aromatic heterocycles. The molecule has 0 aliphatic rings. The number of benzene rings is 1. The molecule has 164 valence electrons. The summed E-state index contributed by atoms with van der Waals surface area (Å²) in [5.41, 5.74) is 10.3. The third-order valence-corrected chi connectivity index (χ3v) is 4.61. The molecule has 0 unspecified atom stereocenters. The standard InChI is InChI=1S/C26H39N3O/c1-7-10-22(14-15-27)20-29(17-9-16-28-25(30)19-26(4,5)6)24-13-12-21(3)23(18-24)11-8-2/h7-8,10-15,18H,1,9,16-17,19-20,27H2,2-6H3,(H,28,30)/b11-8-,15-14-,22-10+. The number of carbonyl (C=O) groups excluding carboxylic acids is 1. The summed E-state index contributed by atoms with van der Waals surface area (Å²) in [6.07, 6.45) is 12.8. The van der Waals surface area contributed by atoms with Crippen LogP contribution in [0.5, 0.6) is 0 Å². The highest BCUT2D eigenvalue weighted by atomic mass is 16.1. The Morgan fingerprint density at radius 2 is 2.03 bits per heavy atom. The van der Waals surface area contributed by atoms with E-state index in [1.165, 1.54) is 11.1 Å². The monoisotopic (exact) mass is 409 g/mol. The predicted molar refractivity (Wildman–Crippen MR) is 131 cm³/mol. The largest absolute Gasteiger partial charge is 0.405 e. The smallest absolute Gasteiger partial charge is 0.220 e. The van der Waals surface area contributed by atoms with E-state index in [0.29, 0.717) is 19.5 Å². The van der Waals surface area contributed by atoms with Gasteiger partial charge in [0.05, 0.1) is 0 Å². The van der Waals surface area contributed by atoms with Crippen LogP contribution in [0.25, 0.3) is 6.08 Å². The van der Waals surface area contributed by atoms with Gasteiger partial charge in [-0.1, -0.05) is 57.7 Å². The maximum atomic E-state index is 12.1. The highest BCUT2D eigenvalue weighted by Crippen LogP contribution is 2.22. The molecule has 1 rings (SSSR count). The van der Waals surface area contributed by atoms with Gasteiger partial charge in [-0.25, -0.2) is 0 Å². The Hall–Kier alpha value is -2.75. The molecule has 0 aliphatic carbocycles. The predicted octanol–water partition coefficient (Wildman–Crippen LogP) is 5.36. The van der Waals surface area contributed by atoms with E-state index in [1.54, 1.807) is 12.3 Å². The number of nitrogens with zero attached hydrogens (tertiary/aromatic N) is 1. The molecule has 30 heavy (non-hydrogen) atoms. The first-order chi connectivity index (χ1) is 14.2. The number of allylic oxidation sites excluding steroid dienone is 3. The first kappa shape index (κ1) is 25.3. The molecule has 3 N–H and O–H groups in total. The van der Waals surface area contributed by atoms with E-state index in [2.05, 4.69) is 74.8 Å². The maximum Gasteiger partial charge on any atom is 0.220 e. The Kier molecular flexibility index (Phi) is 10.7. The highest BCUT2D eigenvalue weighted by molar-refractivity contribution is 5.76. The third-order valence-electron chi connectivity index (χ3n) is 4.61. The zero-order chi connectivity index (χ0) is 22.6. The quantitative estimate of drug-likeness (QED) is 0.382. The number of anilines is 1. The van der Waals surface area contributed by atoms with Crippen molar-refractivity contribution in [3.05, 3.63) is 72.0 Å². The van der Waals surface area contributed by atoms with E-state index in [4.69, 9.17) is 5.73 Å². The van der Waals surface area contributed by atoms with Crippen molar-refractivity contribution in [2.75, 3.05) is 24.5 Å². The van der Waals surface area contributed by atoms with Crippen LogP contribution in [-0.2, 0) is 4.79 Å². The molecule has 0 spiro atoms. The molecule has 4 nitrogen and oxygen atoms in total. The fourth-order valence-electron chi connectivity index (χ4n) is 3.18. The van der Waals surface area contributed by atoms with Crippen molar-refractivity contribution in [2.45, 2.75) is 47.5 Å². The number of hydrogen-bond donors (Lipinski definition) is 2. The second-order valence-corrected chi connectivity index (χ2v) is 8.74. The lowest BCUT2D eigenvalue weighted by atomic mass is 9.92. The van der Waals surface area contributed by atoms with Crippen molar-refractivity contribution in [1.29, 1.82) is 0 Å². The summed E-state index contributed by atoms with van der Waals surface area (Å²) in [4.78, 5) is 14.4. The number of hydrogen-bond acceptors (Lipinski definition) is 3. The Morgan fingerprint density at radius 3 is 2.63 bits per heavy atom. The molecule has 0 heterocycles. The summed E-state index contributed by atoms with van der Waals surface area (Å²) in [5.74, 6) is 0.109. The molecule has 0 bridgehead atoms. The van der Waals surface area contributed by atoms with Gasteiger partial charge in [-0.05, 0) is 66.8 Å². The van der Waals surface area contributed by atoms with Gasteiger partial charge in [0.25, 0.3) is 0 Å². The Morgan fingerprint density at radius 1 is 1.30 bits per heavy atom. The molecule has 0 aliphatic heterocycles. The zero-order valence-corrected chi connectivity index (χ0v) is 19.4. The molecular weight excluding hydrogens is 370 g/mol. The number of amides is 1. The van der Waals surface area contributed by atoms with E-state index >= 15 is 0 Å². The van der Waals surface area contributed by atoms with Crippen molar-refractivity contribution < 1.29 is 4.79 Å². The molecule has 1 aromatic rings. The van der Waals surface area contributed by atoms with Crippen LogP contribution < -0.4 is 16.0 Å². The molecule has 4 heteroatoms. The summed E-state index contributed by atoms with van der Waals surface area (Å²) >= 11 is 0. The summed E-state index contributed by atoms with van der Waals surface area (Å²) in [7, 11) is 0. The average Bonchev–Trinajstić information content (AvgIpc) is 2.65. The summed E-state index contributed by atoms with van der Waals surface area (Å²) in [5, 5.41) is 3.05. The van der Waals surface area contributed by atoms with Gasteiger partial charge in [0.15, 0.2) is 0 Å². The number of nitrogens with one attached hydrogen (secondary N) is 1. The minimum absolute atomic E-state index is 0.000155. The first-order valence-corrected chi connectivity index (χ1v) is 10.6. The summed E-state index contributed by atoms with van der Waals surface area (Å²) in [6.45, 7) is 16.4. The van der Waals surface area contributed by atoms with Gasteiger partial charge in [-0.15, -0.1) is 0 Å². The Bertz CT molecular complexity index is 782. The summed E-state index contributed by atoms with van der Waals surface area (Å²) < 4.78 is 0. The van der Waals surface area contributed by atoms with Crippen LogP contribution in [0.1, 0.15) is 51.7 Å². The van der Waals surface area contributed by atoms with Crippen molar-refractivity contribution in [3.63, 3.8) is 0 Å². The lowest BCUT2D eigenvalue weighted by molar-refractivity contribution is -0.122. The van der Waals surface area contributed by atoms with Crippen LogP contribution in [-0.4, -0.2) is 25.5 Å². The van der Waals surface area contributed by atoms with E-state index in [1.807, 2.05) is 19.1 Å². The topological polar surface area (TPSA) is 58.4 Å². The number of carbonyl (C=O) groups is 1. The van der Waals surface area contributed by atoms with Crippen LogP contribution in [0.4, 0.5) is 5.69 Å². The van der Waals surface area contributed by atoms with Crippen LogP contribution in [0, 0.1) is 12.3 Å². The van der Waals surface area contributed by atoms with Crippen LogP contribution in [0.3, 0.4) is 0 Å². The molecule has 1 amide bonds. The van der Waals surface area contributed by atoms with Crippen LogP contribution >= 0.6 is 0 Å². The van der Waals surface area contributed by atoms with Gasteiger partial charge in [0.1, 0.15) is 0 Å². The lowest BCUT2D eigenvalue weighted by Crippen LogP contribution is -2.32. The molecule has 0 saturated carbocycles. The Labute approximate surface area is 183 Å². The van der Waals surface area contributed by atoms with Gasteiger partial charge in [0, 0.05) is 31.7 Å². The fraction of sp³-hybridized carbons (Fsp3) is 0.423. The van der Waals surface area contributed by atoms with Gasteiger partial charge in [-0.2, -0.15) is 0 Å². The molecule has 0 saturated heterocycles. The lowest BCUT2D eigenvalue weighted by Gasteiger charge is -2.26. The third kappa shape index (κ3) is 9.64. The zero-order valence-electron chi connectivity index (χ0n) is 19.4. The second-order valence-electron chi connectivity index (χ2n) is 8.74. The van der Waals surface area contributed by atoms with Gasteiger partial charge in [0.2, 0.25) is 5.91 Å². The normalized spacial score (nSPS) is 12.5. The second kappa shape index (κ2) is 12.7. The maximum absolute atomic E-state index is 12.1. The Balaban J connectivity index is 2.94. The van der Waals surface area contributed by atoms with Crippen LogP contribution in [0.2, 0.25) is 0 Å². The SMILES string of the molecule is C=C/C=C(\C=C/N)CN(CCCNC(=O)CC(C)(C)C)c1ccc(C)c(/C=C\C)c1. The summed E-state index contributed by atoms with van der Waals surface area (Å²) in [6, 6.07) is 6.52. The van der Waals surface area contributed by atoms with Crippen molar-refractivity contribution in [2.24, 2.45) is 11.1 Å². The first-order valence-electron chi connectivity index (χ1n) is 10.6. The minimum Gasteiger partial charge on any atom is -0.405 e. The fourth-order valence-corrected chi connectivity index (χ4v) is 3.18. The van der Waals surface area contributed by atoms with Crippen molar-refractivity contribution in [1.82, 2.24) is 5.32 Å². The molecule has 0 fully saturated rings. The van der Waals surface area contributed by atoms with Gasteiger partial charge < -0.3 is 16.0 Å². The molecule has 0 radical (unpaired) electrons. The van der Waals surface area contributed by atoms with E-state index in [0.717, 1.165) is 24.2 Å². The molecular formula is C26H39N3O. The number of aryl methyl sites for hydroxylation is 1. The molecule has 1 aromatic carbocycles. The number of nitrogens with two attached hydrogens (primary N) is 1. The van der Waals surface area contributed by atoms with Crippen LogP contribution in [0.15, 0.2) is 60.9 Å². The van der Waals surface area contributed by atoms with Gasteiger partial charge >= 0.3 is 0 Å². The average molecular weight is 410 g/mol. The van der Waals surface area contributed by atoms with E-state index < -0.39 is 0 Å². The highest BCUT2D eigenvalue weighted by Gasteiger charge is 2.15. The van der Waals surface area contributed by atoms with E-state index in [9.17, 15) is 4.79 Å². The van der Waals surface area contributed by atoms with Crippen molar-refractivity contribution >= 4 is 17.7 Å². The van der Waals surface area contributed by atoms with Crippen molar-refractivity contribution in [3.8, 4) is 0 Å². The molecule has 0 atom stereocenters. The van der Waals surface area contributed by atoms with E-state index in [-0.39, 0.29) is 11.3 Å². The van der Waals surface area contributed by atoms with Gasteiger partial charge in [-0.3, -0.25) is 4.79 Å². The minimum atomic E-state index is 0.000155.